The fraction of sp³-hybridized carbons (Fsp3) is 0.571. The monoisotopic (exact) mass is 202 g/mol. The summed E-state index contributed by atoms with van der Waals surface area (Å²) in [4.78, 5) is 0. The van der Waals surface area contributed by atoms with Crippen LogP contribution in [-0.2, 0) is 0 Å². The molecule has 2 aliphatic carbocycles. The van der Waals surface area contributed by atoms with Gasteiger partial charge >= 0.3 is 0 Å². The summed E-state index contributed by atoms with van der Waals surface area (Å²) >= 11 is 0. The lowest BCUT2D eigenvalue weighted by Gasteiger charge is -2.22. The predicted molar refractivity (Wildman–Crippen MR) is 61.2 cm³/mol. The molecule has 0 N–H and O–H groups in total. The summed E-state index contributed by atoms with van der Waals surface area (Å²) in [7, 11) is 1.73. The molecule has 80 valence electrons. The van der Waals surface area contributed by atoms with Crippen LogP contribution < -0.4 is 4.74 Å². The summed E-state index contributed by atoms with van der Waals surface area (Å²) < 4.78 is 5.19. The predicted octanol–water partition coefficient (Wildman–Crippen LogP) is 3.60. The highest BCUT2D eigenvalue weighted by Gasteiger charge is 2.39. The number of rotatable bonds is 2. The van der Waals surface area contributed by atoms with Gasteiger partial charge in [-0.15, -0.1) is 0 Å². The van der Waals surface area contributed by atoms with Crippen LogP contribution in [0.25, 0.3) is 0 Å². The largest absolute Gasteiger partial charge is 0.497 e. The van der Waals surface area contributed by atoms with Crippen molar-refractivity contribution in [3.05, 3.63) is 29.8 Å². The standard InChI is InChI=1S/C14H18O/c1-15-13-6-4-11(5-7-13)14-9-10-2-3-12(14)8-10/h4-7,10,12,14H,2-3,8-9H2,1H3. The van der Waals surface area contributed by atoms with Crippen molar-refractivity contribution in [2.75, 3.05) is 7.11 Å². The minimum absolute atomic E-state index is 0.842. The van der Waals surface area contributed by atoms with Crippen molar-refractivity contribution in [1.82, 2.24) is 0 Å². The molecule has 1 aromatic rings. The minimum Gasteiger partial charge on any atom is -0.497 e. The molecule has 15 heavy (non-hydrogen) atoms. The molecule has 0 aliphatic heterocycles. The van der Waals surface area contributed by atoms with Crippen molar-refractivity contribution in [2.45, 2.75) is 31.6 Å². The summed E-state index contributed by atoms with van der Waals surface area (Å²) in [6, 6.07) is 8.71. The minimum atomic E-state index is 0.842. The third kappa shape index (κ3) is 1.54. The molecular weight excluding hydrogens is 184 g/mol. The highest BCUT2D eigenvalue weighted by molar-refractivity contribution is 5.30. The van der Waals surface area contributed by atoms with Crippen molar-refractivity contribution in [1.29, 1.82) is 0 Å². The van der Waals surface area contributed by atoms with Crippen molar-refractivity contribution in [3.8, 4) is 5.75 Å². The van der Waals surface area contributed by atoms with Crippen molar-refractivity contribution in [3.63, 3.8) is 0 Å². The molecule has 1 heteroatoms. The quantitative estimate of drug-likeness (QED) is 0.712. The van der Waals surface area contributed by atoms with Crippen LogP contribution in [0.4, 0.5) is 0 Å². The van der Waals surface area contributed by atoms with E-state index in [1.54, 1.807) is 7.11 Å². The van der Waals surface area contributed by atoms with Crippen molar-refractivity contribution in [2.24, 2.45) is 11.8 Å². The highest BCUT2D eigenvalue weighted by Crippen LogP contribution is 2.52. The first-order chi connectivity index (χ1) is 7.36. The lowest BCUT2D eigenvalue weighted by Crippen LogP contribution is -2.08. The van der Waals surface area contributed by atoms with Crippen molar-refractivity contribution < 1.29 is 4.74 Å². The molecule has 0 aromatic heterocycles. The van der Waals surface area contributed by atoms with E-state index in [0.717, 1.165) is 23.5 Å². The second-order valence-electron chi connectivity index (χ2n) is 5.05. The number of benzene rings is 1. The van der Waals surface area contributed by atoms with Gasteiger partial charge in [-0.05, 0) is 54.7 Å². The lowest BCUT2D eigenvalue weighted by molar-refractivity contribution is 0.409. The first-order valence-electron chi connectivity index (χ1n) is 6.01. The van der Waals surface area contributed by atoms with Crippen LogP contribution in [0.15, 0.2) is 24.3 Å². The summed E-state index contributed by atoms with van der Waals surface area (Å²) in [5.74, 6) is 3.82. The Morgan fingerprint density at radius 2 is 1.87 bits per heavy atom. The topological polar surface area (TPSA) is 9.23 Å². The van der Waals surface area contributed by atoms with Gasteiger partial charge in [-0.3, -0.25) is 0 Å². The zero-order chi connectivity index (χ0) is 10.3. The van der Waals surface area contributed by atoms with Gasteiger partial charge in [0.25, 0.3) is 0 Å². The maximum atomic E-state index is 5.19. The van der Waals surface area contributed by atoms with Gasteiger partial charge < -0.3 is 4.74 Å². The number of hydrogen-bond donors (Lipinski definition) is 0. The second-order valence-corrected chi connectivity index (χ2v) is 5.05. The van der Waals surface area contributed by atoms with Gasteiger partial charge in [0, 0.05) is 0 Å². The zero-order valence-corrected chi connectivity index (χ0v) is 9.28. The van der Waals surface area contributed by atoms with Gasteiger partial charge in [0.2, 0.25) is 0 Å². The maximum absolute atomic E-state index is 5.19. The Morgan fingerprint density at radius 3 is 2.40 bits per heavy atom. The molecule has 2 bridgehead atoms. The molecule has 2 fully saturated rings. The average Bonchev–Trinajstić information content (AvgIpc) is 2.91. The van der Waals surface area contributed by atoms with E-state index < -0.39 is 0 Å². The smallest absolute Gasteiger partial charge is 0.118 e. The SMILES string of the molecule is COc1ccc(C2CC3CCC2C3)cc1. The Hall–Kier alpha value is -0.980. The van der Waals surface area contributed by atoms with Gasteiger partial charge in [-0.25, -0.2) is 0 Å². The van der Waals surface area contributed by atoms with E-state index in [9.17, 15) is 0 Å². The van der Waals surface area contributed by atoms with Crippen LogP contribution in [0.1, 0.15) is 37.2 Å². The highest BCUT2D eigenvalue weighted by atomic mass is 16.5. The molecule has 3 atom stereocenters. The first kappa shape index (κ1) is 9.26. The molecule has 0 heterocycles. The Kier molecular flexibility index (Phi) is 2.19. The number of ether oxygens (including phenoxy) is 1. The Balaban J connectivity index is 1.81. The zero-order valence-electron chi connectivity index (χ0n) is 9.28. The molecule has 2 aliphatic rings. The van der Waals surface area contributed by atoms with E-state index >= 15 is 0 Å². The molecular formula is C14H18O. The molecule has 3 rings (SSSR count). The van der Waals surface area contributed by atoms with Crippen molar-refractivity contribution >= 4 is 0 Å². The van der Waals surface area contributed by atoms with Gasteiger partial charge in [0.1, 0.15) is 5.75 Å². The summed E-state index contributed by atoms with van der Waals surface area (Å²) in [5, 5.41) is 0. The van der Waals surface area contributed by atoms with E-state index in [4.69, 9.17) is 4.74 Å². The fourth-order valence-corrected chi connectivity index (χ4v) is 3.50. The first-order valence-corrected chi connectivity index (χ1v) is 6.01. The van der Waals surface area contributed by atoms with Gasteiger partial charge in [-0.1, -0.05) is 18.6 Å². The van der Waals surface area contributed by atoms with E-state index in [2.05, 4.69) is 24.3 Å². The number of hydrogen-bond acceptors (Lipinski definition) is 1. The van der Waals surface area contributed by atoms with Crippen LogP contribution in [0.2, 0.25) is 0 Å². The summed E-state index contributed by atoms with van der Waals surface area (Å²) in [6.45, 7) is 0. The Morgan fingerprint density at radius 1 is 1.07 bits per heavy atom. The average molecular weight is 202 g/mol. The molecule has 0 spiro atoms. The lowest BCUT2D eigenvalue weighted by atomic mass is 9.83. The normalized spacial score (nSPS) is 33.3. The van der Waals surface area contributed by atoms with Crippen LogP contribution in [0, 0.1) is 11.8 Å². The van der Waals surface area contributed by atoms with E-state index in [-0.39, 0.29) is 0 Å². The molecule has 0 saturated heterocycles. The maximum Gasteiger partial charge on any atom is 0.118 e. The van der Waals surface area contributed by atoms with Crippen LogP contribution in [-0.4, -0.2) is 7.11 Å². The second kappa shape index (κ2) is 3.55. The van der Waals surface area contributed by atoms with Crippen LogP contribution in [0.3, 0.4) is 0 Å². The van der Waals surface area contributed by atoms with Crippen LogP contribution >= 0.6 is 0 Å². The van der Waals surface area contributed by atoms with Gasteiger partial charge in [0.15, 0.2) is 0 Å². The molecule has 0 amide bonds. The van der Waals surface area contributed by atoms with E-state index in [1.807, 2.05) is 0 Å². The molecule has 1 aromatic carbocycles. The number of methoxy groups -OCH3 is 1. The third-order valence-electron chi connectivity index (χ3n) is 4.28. The molecule has 3 unspecified atom stereocenters. The molecule has 1 nitrogen and oxygen atoms in total. The van der Waals surface area contributed by atoms with Crippen LogP contribution in [0.5, 0.6) is 5.75 Å². The fourth-order valence-electron chi connectivity index (χ4n) is 3.50. The summed E-state index contributed by atoms with van der Waals surface area (Å²) in [6.07, 6.45) is 5.85. The third-order valence-corrected chi connectivity index (χ3v) is 4.28. The Labute approximate surface area is 91.5 Å². The van der Waals surface area contributed by atoms with E-state index in [1.165, 1.54) is 31.2 Å². The van der Waals surface area contributed by atoms with Gasteiger partial charge in [-0.2, -0.15) is 0 Å². The van der Waals surface area contributed by atoms with Gasteiger partial charge in [0.05, 0.1) is 7.11 Å². The molecule has 2 saturated carbocycles. The summed E-state index contributed by atoms with van der Waals surface area (Å²) in [5.41, 5.74) is 1.53. The Bertz CT molecular complexity index is 341. The molecule has 0 radical (unpaired) electrons. The van der Waals surface area contributed by atoms with E-state index in [0.29, 0.717) is 0 Å². The number of fused-ring (bicyclic) bond motifs is 2.